The van der Waals surface area contributed by atoms with Gasteiger partial charge in [0.1, 0.15) is 0 Å². The van der Waals surface area contributed by atoms with E-state index in [9.17, 15) is 5.11 Å². The molecule has 1 heterocycles. The van der Waals surface area contributed by atoms with E-state index in [0.717, 1.165) is 5.92 Å². The molecule has 3 rings (SSSR count). The van der Waals surface area contributed by atoms with Crippen LogP contribution < -0.4 is 0 Å². The SMILES string of the molecule is CC1CCC(C(O)c2cc3c(s2)CCCC3)CC1. The van der Waals surface area contributed by atoms with Gasteiger partial charge in [-0.05, 0) is 62.0 Å². The fraction of sp³-hybridized carbons (Fsp3) is 0.750. The Labute approximate surface area is 114 Å². The van der Waals surface area contributed by atoms with Gasteiger partial charge in [0.2, 0.25) is 0 Å². The third-order valence-corrected chi connectivity index (χ3v) is 6.12. The summed E-state index contributed by atoms with van der Waals surface area (Å²) in [5.74, 6) is 1.38. The Hall–Kier alpha value is -0.340. The van der Waals surface area contributed by atoms with Crippen LogP contribution in [0.15, 0.2) is 6.07 Å². The lowest BCUT2D eigenvalue weighted by molar-refractivity contribution is 0.0784. The van der Waals surface area contributed by atoms with Gasteiger partial charge in [-0.15, -0.1) is 11.3 Å². The summed E-state index contributed by atoms with van der Waals surface area (Å²) < 4.78 is 0. The van der Waals surface area contributed by atoms with Gasteiger partial charge in [-0.2, -0.15) is 0 Å². The maximum atomic E-state index is 10.6. The van der Waals surface area contributed by atoms with Crippen LogP contribution in [0, 0.1) is 11.8 Å². The van der Waals surface area contributed by atoms with Crippen molar-refractivity contribution >= 4 is 11.3 Å². The van der Waals surface area contributed by atoms with Crippen molar-refractivity contribution in [3.05, 3.63) is 21.4 Å². The number of thiophene rings is 1. The van der Waals surface area contributed by atoms with Crippen molar-refractivity contribution < 1.29 is 5.11 Å². The Morgan fingerprint density at radius 1 is 1.17 bits per heavy atom. The monoisotopic (exact) mass is 264 g/mol. The van der Waals surface area contributed by atoms with E-state index in [1.54, 1.807) is 4.88 Å². The van der Waals surface area contributed by atoms with Crippen molar-refractivity contribution in [1.29, 1.82) is 0 Å². The molecule has 0 spiro atoms. The predicted molar refractivity (Wildman–Crippen MR) is 77.0 cm³/mol. The summed E-state index contributed by atoms with van der Waals surface area (Å²) in [7, 11) is 0. The van der Waals surface area contributed by atoms with Gasteiger partial charge < -0.3 is 5.11 Å². The first-order chi connectivity index (χ1) is 8.74. The molecular formula is C16H24OS. The van der Waals surface area contributed by atoms with Crippen LogP contribution in [0.3, 0.4) is 0 Å². The highest BCUT2D eigenvalue weighted by Crippen LogP contribution is 2.41. The van der Waals surface area contributed by atoms with Gasteiger partial charge in [0.15, 0.2) is 0 Å². The van der Waals surface area contributed by atoms with Crippen LogP contribution >= 0.6 is 11.3 Å². The van der Waals surface area contributed by atoms with Crippen LogP contribution in [0.25, 0.3) is 0 Å². The maximum Gasteiger partial charge on any atom is 0.0910 e. The summed E-state index contributed by atoms with van der Waals surface area (Å²) in [6, 6.07) is 2.31. The van der Waals surface area contributed by atoms with Crippen LogP contribution in [0.4, 0.5) is 0 Å². The number of aliphatic hydroxyl groups excluding tert-OH is 1. The maximum absolute atomic E-state index is 10.6. The average Bonchev–Trinajstić information content (AvgIpc) is 2.82. The number of aliphatic hydroxyl groups is 1. The van der Waals surface area contributed by atoms with Crippen LogP contribution in [0.5, 0.6) is 0 Å². The smallest absolute Gasteiger partial charge is 0.0910 e. The number of hydrogen-bond acceptors (Lipinski definition) is 2. The fourth-order valence-electron chi connectivity index (χ4n) is 3.49. The molecule has 1 aromatic heterocycles. The highest BCUT2D eigenvalue weighted by Gasteiger charge is 2.27. The molecule has 0 bridgehead atoms. The first-order valence-electron chi connectivity index (χ1n) is 7.53. The molecule has 100 valence electrons. The van der Waals surface area contributed by atoms with Crippen LogP contribution in [0.1, 0.15) is 66.9 Å². The topological polar surface area (TPSA) is 20.2 Å². The minimum absolute atomic E-state index is 0.187. The summed E-state index contributed by atoms with van der Waals surface area (Å²) in [6.07, 6.45) is 9.99. The second-order valence-electron chi connectivity index (χ2n) is 6.27. The number of rotatable bonds is 2. The summed E-state index contributed by atoms with van der Waals surface area (Å²) in [4.78, 5) is 2.81. The quantitative estimate of drug-likeness (QED) is 0.834. The molecule has 1 N–H and O–H groups in total. The molecule has 0 aliphatic heterocycles. The molecule has 2 aliphatic carbocycles. The lowest BCUT2D eigenvalue weighted by Gasteiger charge is -2.29. The Morgan fingerprint density at radius 3 is 2.61 bits per heavy atom. The van der Waals surface area contributed by atoms with Crippen molar-refractivity contribution in [3.8, 4) is 0 Å². The molecule has 1 fully saturated rings. The molecule has 1 saturated carbocycles. The van der Waals surface area contributed by atoms with Gasteiger partial charge in [-0.1, -0.05) is 19.8 Å². The first-order valence-corrected chi connectivity index (χ1v) is 8.35. The van der Waals surface area contributed by atoms with Gasteiger partial charge >= 0.3 is 0 Å². The van der Waals surface area contributed by atoms with Crippen molar-refractivity contribution in [2.45, 2.75) is 64.4 Å². The number of fused-ring (bicyclic) bond motifs is 1. The molecule has 0 amide bonds. The van der Waals surface area contributed by atoms with Crippen molar-refractivity contribution in [2.24, 2.45) is 11.8 Å². The normalized spacial score (nSPS) is 29.9. The molecule has 1 unspecified atom stereocenters. The summed E-state index contributed by atoms with van der Waals surface area (Å²) in [6.45, 7) is 2.34. The van der Waals surface area contributed by atoms with Gasteiger partial charge in [0, 0.05) is 9.75 Å². The first kappa shape index (κ1) is 12.7. The van der Waals surface area contributed by atoms with Gasteiger partial charge in [0.05, 0.1) is 6.10 Å². The van der Waals surface area contributed by atoms with Crippen LogP contribution in [-0.4, -0.2) is 5.11 Å². The highest BCUT2D eigenvalue weighted by atomic mass is 32.1. The second-order valence-corrected chi connectivity index (χ2v) is 7.44. The lowest BCUT2D eigenvalue weighted by atomic mass is 9.80. The van der Waals surface area contributed by atoms with Crippen molar-refractivity contribution in [2.75, 3.05) is 0 Å². The van der Waals surface area contributed by atoms with E-state index in [1.807, 2.05) is 11.3 Å². The molecule has 1 atom stereocenters. The average molecular weight is 264 g/mol. The zero-order chi connectivity index (χ0) is 12.5. The van der Waals surface area contributed by atoms with E-state index in [4.69, 9.17) is 0 Å². The molecule has 2 heteroatoms. The third-order valence-electron chi connectivity index (χ3n) is 4.81. The zero-order valence-corrected chi connectivity index (χ0v) is 12.1. The Bertz CT molecular complexity index is 378. The Kier molecular flexibility index (Phi) is 3.76. The molecule has 2 aliphatic rings. The Balaban J connectivity index is 1.71. The largest absolute Gasteiger partial charge is 0.387 e. The molecule has 0 saturated heterocycles. The minimum Gasteiger partial charge on any atom is -0.387 e. The number of aryl methyl sites for hydroxylation is 2. The van der Waals surface area contributed by atoms with Gasteiger partial charge in [0.25, 0.3) is 0 Å². The standard InChI is InChI=1S/C16H24OS/c1-11-6-8-12(9-7-11)16(17)15-10-13-4-2-3-5-14(13)18-15/h10-12,16-17H,2-9H2,1H3. The van der Waals surface area contributed by atoms with E-state index in [1.165, 1.54) is 61.8 Å². The zero-order valence-electron chi connectivity index (χ0n) is 11.3. The summed E-state index contributed by atoms with van der Waals surface area (Å²) in [5, 5.41) is 10.6. The summed E-state index contributed by atoms with van der Waals surface area (Å²) >= 11 is 1.89. The molecule has 0 radical (unpaired) electrons. The lowest BCUT2D eigenvalue weighted by Crippen LogP contribution is -2.18. The van der Waals surface area contributed by atoms with Crippen molar-refractivity contribution in [3.63, 3.8) is 0 Å². The molecule has 1 aromatic rings. The molecule has 1 nitrogen and oxygen atoms in total. The van der Waals surface area contributed by atoms with Gasteiger partial charge in [-0.25, -0.2) is 0 Å². The molecule has 0 aromatic carbocycles. The molecule has 18 heavy (non-hydrogen) atoms. The van der Waals surface area contributed by atoms with E-state index in [-0.39, 0.29) is 6.10 Å². The summed E-state index contributed by atoms with van der Waals surface area (Å²) in [5.41, 5.74) is 1.53. The van der Waals surface area contributed by atoms with Crippen molar-refractivity contribution in [1.82, 2.24) is 0 Å². The predicted octanol–water partition coefficient (Wildman–Crippen LogP) is 4.49. The third kappa shape index (κ3) is 2.50. The van der Waals surface area contributed by atoms with E-state index in [0.29, 0.717) is 5.92 Å². The van der Waals surface area contributed by atoms with Crippen LogP contribution in [0.2, 0.25) is 0 Å². The minimum atomic E-state index is -0.187. The molecular weight excluding hydrogens is 240 g/mol. The Morgan fingerprint density at radius 2 is 1.89 bits per heavy atom. The van der Waals surface area contributed by atoms with E-state index in [2.05, 4.69) is 13.0 Å². The van der Waals surface area contributed by atoms with Crippen LogP contribution in [-0.2, 0) is 12.8 Å². The fourth-order valence-corrected chi connectivity index (χ4v) is 4.83. The number of hydrogen-bond donors (Lipinski definition) is 1. The van der Waals surface area contributed by atoms with E-state index >= 15 is 0 Å². The highest BCUT2D eigenvalue weighted by molar-refractivity contribution is 7.12. The van der Waals surface area contributed by atoms with Gasteiger partial charge in [-0.3, -0.25) is 0 Å². The second kappa shape index (κ2) is 5.34. The van der Waals surface area contributed by atoms with E-state index < -0.39 is 0 Å².